The highest BCUT2D eigenvalue weighted by Gasteiger charge is 2.21. The zero-order valence-corrected chi connectivity index (χ0v) is 16.8. The fourth-order valence-corrected chi connectivity index (χ4v) is 3.45. The van der Waals surface area contributed by atoms with Gasteiger partial charge >= 0.3 is 0 Å². The molecule has 6 heteroatoms. The van der Waals surface area contributed by atoms with E-state index >= 15 is 0 Å². The van der Waals surface area contributed by atoms with Crippen LogP contribution in [0.15, 0.2) is 67.4 Å². The summed E-state index contributed by atoms with van der Waals surface area (Å²) in [4.78, 5) is 23.7. The third kappa shape index (κ3) is 3.92. The van der Waals surface area contributed by atoms with Crippen LogP contribution in [0.3, 0.4) is 0 Å². The second-order valence-electron chi connectivity index (χ2n) is 7.25. The van der Waals surface area contributed by atoms with Crippen LogP contribution in [0.5, 0.6) is 0 Å². The highest BCUT2D eigenvalue weighted by Crippen LogP contribution is 2.24. The van der Waals surface area contributed by atoms with E-state index in [1.165, 1.54) is 0 Å². The molecule has 0 atom stereocenters. The Balaban J connectivity index is 1.67. The summed E-state index contributed by atoms with van der Waals surface area (Å²) in [5.74, 6) is 0.737. The second-order valence-corrected chi connectivity index (χ2v) is 7.25. The van der Waals surface area contributed by atoms with Crippen LogP contribution < -0.4 is 0 Å². The Hall–Kier alpha value is -3.41. The SMILES string of the molecule is CCCCN(C)C(=O)c1nc(-c2ccn(Cc3cccnc3)c2)n2ccccc12. The molecule has 0 saturated carbocycles. The maximum absolute atomic E-state index is 13.0. The maximum atomic E-state index is 13.0. The van der Waals surface area contributed by atoms with E-state index in [4.69, 9.17) is 4.98 Å². The van der Waals surface area contributed by atoms with Gasteiger partial charge in [-0.1, -0.05) is 25.5 Å². The summed E-state index contributed by atoms with van der Waals surface area (Å²) in [6.45, 7) is 3.60. The molecule has 6 nitrogen and oxygen atoms in total. The molecular formula is C23H25N5O. The van der Waals surface area contributed by atoms with Gasteiger partial charge in [-0.15, -0.1) is 0 Å². The number of hydrogen-bond donors (Lipinski definition) is 0. The van der Waals surface area contributed by atoms with Crippen molar-refractivity contribution in [2.45, 2.75) is 26.3 Å². The highest BCUT2D eigenvalue weighted by molar-refractivity contribution is 5.99. The smallest absolute Gasteiger partial charge is 0.274 e. The molecule has 4 aromatic rings. The summed E-state index contributed by atoms with van der Waals surface area (Å²) >= 11 is 0. The van der Waals surface area contributed by atoms with Crippen molar-refractivity contribution in [2.24, 2.45) is 0 Å². The lowest BCUT2D eigenvalue weighted by molar-refractivity contribution is 0.0790. The van der Waals surface area contributed by atoms with Crippen molar-refractivity contribution < 1.29 is 4.79 Å². The van der Waals surface area contributed by atoms with Gasteiger partial charge in [-0.3, -0.25) is 14.2 Å². The van der Waals surface area contributed by atoms with Crippen LogP contribution in [0.25, 0.3) is 16.9 Å². The number of amides is 1. The van der Waals surface area contributed by atoms with Crippen LogP contribution in [-0.4, -0.2) is 43.3 Å². The minimum Gasteiger partial charge on any atom is -0.349 e. The van der Waals surface area contributed by atoms with Gasteiger partial charge < -0.3 is 9.47 Å². The monoisotopic (exact) mass is 387 g/mol. The van der Waals surface area contributed by atoms with Gasteiger partial charge in [0.05, 0.1) is 5.52 Å². The molecule has 0 spiro atoms. The average molecular weight is 387 g/mol. The van der Waals surface area contributed by atoms with Gasteiger partial charge in [-0.25, -0.2) is 4.98 Å². The lowest BCUT2D eigenvalue weighted by Crippen LogP contribution is -2.28. The van der Waals surface area contributed by atoms with Crippen LogP contribution in [0, 0.1) is 0 Å². The largest absolute Gasteiger partial charge is 0.349 e. The Morgan fingerprint density at radius 1 is 1.14 bits per heavy atom. The molecule has 0 aliphatic heterocycles. The molecule has 0 radical (unpaired) electrons. The number of carbonyl (C=O) groups is 1. The predicted molar refractivity (Wildman–Crippen MR) is 114 cm³/mol. The number of aromatic nitrogens is 4. The van der Waals surface area contributed by atoms with Gasteiger partial charge in [0.25, 0.3) is 5.91 Å². The molecule has 29 heavy (non-hydrogen) atoms. The van der Waals surface area contributed by atoms with Crippen LogP contribution in [0.4, 0.5) is 0 Å². The van der Waals surface area contributed by atoms with Crippen molar-refractivity contribution in [3.63, 3.8) is 0 Å². The number of fused-ring (bicyclic) bond motifs is 1. The van der Waals surface area contributed by atoms with E-state index in [1.807, 2.05) is 60.4 Å². The number of nitrogens with zero attached hydrogens (tertiary/aromatic N) is 5. The first-order valence-electron chi connectivity index (χ1n) is 9.95. The topological polar surface area (TPSA) is 55.4 Å². The van der Waals surface area contributed by atoms with E-state index in [0.29, 0.717) is 5.69 Å². The fraction of sp³-hybridized carbons (Fsp3) is 0.261. The molecule has 0 aliphatic rings. The van der Waals surface area contributed by atoms with Crippen LogP contribution in [0.1, 0.15) is 35.8 Å². The van der Waals surface area contributed by atoms with Crippen LogP contribution >= 0.6 is 0 Å². The van der Waals surface area contributed by atoms with Crippen molar-refractivity contribution >= 4 is 11.4 Å². The van der Waals surface area contributed by atoms with Crippen LogP contribution in [0.2, 0.25) is 0 Å². The molecule has 4 aromatic heterocycles. The summed E-state index contributed by atoms with van der Waals surface area (Å²) < 4.78 is 4.09. The number of unbranched alkanes of at least 4 members (excludes halogenated alkanes) is 1. The lowest BCUT2D eigenvalue weighted by atomic mass is 10.2. The molecule has 0 bridgehead atoms. The summed E-state index contributed by atoms with van der Waals surface area (Å²) in [5.41, 5.74) is 3.44. The molecular weight excluding hydrogens is 362 g/mol. The van der Waals surface area contributed by atoms with E-state index in [0.717, 1.165) is 48.4 Å². The number of imidazole rings is 1. The first-order chi connectivity index (χ1) is 14.2. The molecule has 4 rings (SSSR count). The standard InChI is InChI=1S/C23H25N5O/c1-3-4-12-26(2)23(29)21-20-9-5-6-13-28(20)22(25-21)19-10-14-27(17-19)16-18-8-7-11-24-15-18/h5-11,13-15,17H,3-4,12,16H2,1-2H3. The third-order valence-corrected chi connectivity index (χ3v) is 5.04. The minimum absolute atomic E-state index is 0.0387. The van der Waals surface area contributed by atoms with Gasteiger partial charge in [0.15, 0.2) is 5.69 Å². The number of hydrogen-bond acceptors (Lipinski definition) is 3. The molecule has 4 heterocycles. The zero-order chi connectivity index (χ0) is 20.2. The molecule has 0 saturated heterocycles. The Labute approximate surface area is 170 Å². The number of rotatable bonds is 7. The number of pyridine rings is 2. The van der Waals surface area contributed by atoms with Crippen molar-refractivity contribution in [2.75, 3.05) is 13.6 Å². The van der Waals surface area contributed by atoms with Gasteiger partial charge in [-0.05, 0) is 36.2 Å². The molecule has 0 aromatic carbocycles. The molecule has 148 valence electrons. The summed E-state index contributed by atoms with van der Waals surface area (Å²) in [5, 5.41) is 0. The Morgan fingerprint density at radius 3 is 2.83 bits per heavy atom. The summed E-state index contributed by atoms with van der Waals surface area (Å²) in [6.07, 6.45) is 11.7. The predicted octanol–water partition coefficient (Wildman–Crippen LogP) is 4.12. The summed E-state index contributed by atoms with van der Waals surface area (Å²) in [7, 11) is 1.84. The molecule has 0 N–H and O–H groups in total. The van der Waals surface area contributed by atoms with Crippen molar-refractivity contribution in [1.82, 2.24) is 23.8 Å². The zero-order valence-electron chi connectivity index (χ0n) is 16.8. The molecule has 0 fully saturated rings. The van der Waals surface area contributed by atoms with Gasteiger partial charge in [-0.2, -0.15) is 0 Å². The maximum Gasteiger partial charge on any atom is 0.274 e. The Bertz CT molecular complexity index is 1110. The quantitative estimate of drug-likeness (QED) is 0.479. The van der Waals surface area contributed by atoms with Crippen molar-refractivity contribution in [3.8, 4) is 11.4 Å². The minimum atomic E-state index is -0.0387. The third-order valence-electron chi connectivity index (χ3n) is 5.04. The first kappa shape index (κ1) is 18.9. The summed E-state index contributed by atoms with van der Waals surface area (Å²) in [6, 6.07) is 11.9. The molecule has 1 amide bonds. The van der Waals surface area contributed by atoms with E-state index in [-0.39, 0.29) is 5.91 Å². The van der Waals surface area contributed by atoms with Gasteiger partial charge in [0.1, 0.15) is 5.82 Å². The first-order valence-corrected chi connectivity index (χ1v) is 9.95. The normalized spacial score (nSPS) is 11.1. The molecule has 0 unspecified atom stereocenters. The lowest BCUT2D eigenvalue weighted by Gasteiger charge is -2.15. The molecule has 0 aliphatic carbocycles. The van der Waals surface area contributed by atoms with E-state index < -0.39 is 0 Å². The highest BCUT2D eigenvalue weighted by atomic mass is 16.2. The van der Waals surface area contributed by atoms with Crippen molar-refractivity contribution in [3.05, 3.63) is 78.6 Å². The fourth-order valence-electron chi connectivity index (χ4n) is 3.45. The number of carbonyl (C=O) groups excluding carboxylic acids is 1. The van der Waals surface area contributed by atoms with E-state index in [1.54, 1.807) is 11.1 Å². The van der Waals surface area contributed by atoms with Crippen molar-refractivity contribution in [1.29, 1.82) is 0 Å². The Morgan fingerprint density at radius 2 is 2.03 bits per heavy atom. The van der Waals surface area contributed by atoms with E-state index in [9.17, 15) is 4.79 Å². The van der Waals surface area contributed by atoms with Gasteiger partial charge in [0, 0.05) is 56.7 Å². The van der Waals surface area contributed by atoms with Gasteiger partial charge in [0.2, 0.25) is 0 Å². The van der Waals surface area contributed by atoms with Crippen LogP contribution in [-0.2, 0) is 6.54 Å². The second kappa shape index (κ2) is 8.31. The van der Waals surface area contributed by atoms with E-state index in [2.05, 4.69) is 28.7 Å². The average Bonchev–Trinajstić information content (AvgIpc) is 3.36. The Kier molecular flexibility index (Phi) is 5.42.